The highest BCUT2D eigenvalue weighted by molar-refractivity contribution is 6.16. The first-order chi connectivity index (χ1) is 5.04. The van der Waals surface area contributed by atoms with Crippen LogP contribution >= 0.6 is 0 Å². The van der Waals surface area contributed by atoms with Crippen molar-refractivity contribution in [1.29, 1.82) is 5.41 Å². The van der Waals surface area contributed by atoms with E-state index in [1.165, 1.54) is 0 Å². The first-order valence-electron chi connectivity index (χ1n) is 3.55. The second-order valence-electron chi connectivity index (χ2n) is 2.77. The average Bonchev–Trinajstić information content (AvgIpc) is 1.97. The highest BCUT2D eigenvalue weighted by Crippen LogP contribution is 2.20. The van der Waals surface area contributed by atoms with Crippen molar-refractivity contribution >= 4 is 11.5 Å². The Labute approximate surface area is 66.9 Å². The molecule has 0 aromatic carbocycles. The summed E-state index contributed by atoms with van der Waals surface area (Å²) in [4.78, 5) is 4.04. The van der Waals surface area contributed by atoms with Gasteiger partial charge in [0, 0.05) is 5.71 Å². The Morgan fingerprint density at radius 1 is 1.18 bits per heavy atom. The average molecular weight is 148 g/mol. The highest BCUT2D eigenvalue weighted by Gasteiger charge is 2.13. The summed E-state index contributed by atoms with van der Waals surface area (Å²) in [5, 5.41) is 7.46. The Balaban J connectivity index is 3.19. The Kier molecular flexibility index (Phi) is 1.77. The number of aliphatic imine (C=N–C) groups is 1. The molecule has 0 aromatic heterocycles. The minimum absolute atomic E-state index is 0.368. The molecule has 11 heavy (non-hydrogen) atoms. The van der Waals surface area contributed by atoms with Crippen molar-refractivity contribution in [3.8, 4) is 0 Å². The summed E-state index contributed by atoms with van der Waals surface area (Å²) < 4.78 is 0. The van der Waals surface area contributed by atoms with E-state index in [0.717, 1.165) is 22.4 Å². The Morgan fingerprint density at radius 2 is 1.73 bits per heavy atom. The molecule has 0 fully saturated rings. The summed E-state index contributed by atoms with van der Waals surface area (Å²) in [5.41, 5.74) is 3.83. The molecular weight excluding hydrogens is 136 g/mol. The number of hydrogen-bond acceptors (Lipinski definition) is 1. The molecule has 2 heteroatoms. The lowest BCUT2D eigenvalue weighted by Gasteiger charge is -2.15. The molecule has 1 aliphatic heterocycles. The Morgan fingerprint density at radius 3 is 2.27 bits per heavy atom. The molecule has 1 heterocycles. The number of rotatable bonds is 0. The van der Waals surface area contributed by atoms with E-state index >= 15 is 0 Å². The monoisotopic (exact) mass is 148 g/mol. The third kappa shape index (κ3) is 1.16. The molecule has 0 aliphatic carbocycles. The van der Waals surface area contributed by atoms with Crippen molar-refractivity contribution < 1.29 is 0 Å². The largest absolute Gasteiger partial charge is 0.283 e. The van der Waals surface area contributed by atoms with Gasteiger partial charge in [-0.15, -0.1) is 0 Å². The predicted molar refractivity (Wildman–Crippen MR) is 48.3 cm³/mol. The molecule has 58 valence electrons. The topological polar surface area (TPSA) is 36.2 Å². The lowest BCUT2D eigenvalue weighted by molar-refractivity contribution is 1.28. The molecule has 1 rings (SSSR count). The minimum atomic E-state index is 0.368. The van der Waals surface area contributed by atoms with Crippen LogP contribution in [0.2, 0.25) is 0 Å². The quantitative estimate of drug-likeness (QED) is 0.547. The number of dihydropyridines is 1. The highest BCUT2D eigenvalue weighted by atomic mass is 14.8. The van der Waals surface area contributed by atoms with Gasteiger partial charge in [0.2, 0.25) is 0 Å². The molecule has 1 N–H and O–H groups in total. The van der Waals surface area contributed by atoms with Crippen LogP contribution in [-0.4, -0.2) is 11.5 Å². The molecule has 0 bridgehead atoms. The summed E-state index contributed by atoms with van der Waals surface area (Å²) in [5.74, 6) is 0.368. The summed E-state index contributed by atoms with van der Waals surface area (Å²) in [6.07, 6.45) is 0. The lowest BCUT2D eigenvalue weighted by Crippen LogP contribution is -2.12. The number of nitrogens with one attached hydrogen (secondary N) is 1. The zero-order valence-corrected chi connectivity index (χ0v) is 7.15. The van der Waals surface area contributed by atoms with Crippen LogP contribution in [0.5, 0.6) is 0 Å². The van der Waals surface area contributed by atoms with E-state index in [0.29, 0.717) is 5.84 Å². The maximum absolute atomic E-state index is 7.46. The molecule has 0 saturated heterocycles. The minimum Gasteiger partial charge on any atom is -0.283 e. The molecule has 0 unspecified atom stereocenters. The molecule has 0 amide bonds. The van der Waals surface area contributed by atoms with Gasteiger partial charge in [0.05, 0.1) is 0 Å². The van der Waals surface area contributed by atoms with Gasteiger partial charge in [-0.25, -0.2) is 4.99 Å². The molecule has 2 nitrogen and oxygen atoms in total. The van der Waals surface area contributed by atoms with E-state index in [-0.39, 0.29) is 0 Å². The van der Waals surface area contributed by atoms with Crippen molar-refractivity contribution in [3.05, 3.63) is 23.3 Å². The van der Waals surface area contributed by atoms with Crippen LogP contribution in [-0.2, 0) is 0 Å². The second-order valence-corrected chi connectivity index (χ2v) is 2.77. The second kappa shape index (κ2) is 2.46. The molecule has 1 aliphatic rings. The van der Waals surface area contributed by atoms with Gasteiger partial charge in [-0.05, 0) is 37.5 Å². The van der Waals surface area contributed by atoms with E-state index in [4.69, 9.17) is 5.41 Å². The van der Waals surface area contributed by atoms with Crippen LogP contribution in [0.25, 0.3) is 0 Å². The van der Waals surface area contributed by atoms with Crippen molar-refractivity contribution in [2.24, 2.45) is 4.99 Å². The molecule has 0 atom stereocenters. The van der Waals surface area contributed by atoms with Crippen LogP contribution in [0.4, 0.5) is 0 Å². The van der Waals surface area contributed by atoms with Gasteiger partial charge in [-0.3, -0.25) is 5.41 Å². The SMILES string of the molecule is C=C1C(C)=NC(=N)C(C)=C1C. The van der Waals surface area contributed by atoms with Crippen LogP contribution < -0.4 is 0 Å². The number of hydrogen-bond donors (Lipinski definition) is 1. The maximum atomic E-state index is 7.46. The smallest absolute Gasteiger partial charge is 0.147 e. The maximum Gasteiger partial charge on any atom is 0.147 e. The van der Waals surface area contributed by atoms with E-state index in [1.54, 1.807) is 0 Å². The lowest BCUT2D eigenvalue weighted by atomic mass is 9.97. The Bertz CT molecular complexity index is 293. The zero-order chi connectivity index (χ0) is 8.59. The first-order valence-corrected chi connectivity index (χ1v) is 3.55. The van der Waals surface area contributed by atoms with Gasteiger partial charge < -0.3 is 0 Å². The molecule has 0 aromatic rings. The van der Waals surface area contributed by atoms with Crippen molar-refractivity contribution in [2.45, 2.75) is 20.8 Å². The van der Waals surface area contributed by atoms with E-state index in [9.17, 15) is 0 Å². The van der Waals surface area contributed by atoms with Gasteiger partial charge in [0.15, 0.2) is 0 Å². The normalized spacial score (nSPS) is 19.0. The van der Waals surface area contributed by atoms with Gasteiger partial charge in [-0.1, -0.05) is 6.58 Å². The van der Waals surface area contributed by atoms with E-state index in [1.807, 2.05) is 20.8 Å². The van der Waals surface area contributed by atoms with Crippen molar-refractivity contribution in [1.82, 2.24) is 0 Å². The number of allylic oxidation sites excluding steroid dienone is 2. The molecule has 0 radical (unpaired) electrons. The Hall–Kier alpha value is -1.18. The van der Waals surface area contributed by atoms with Crippen molar-refractivity contribution in [3.63, 3.8) is 0 Å². The summed E-state index contributed by atoms with van der Waals surface area (Å²) in [6, 6.07) is 0. The van der Waals surface area contributed by atoms with E-state index in [2.05, 4.69) is 11.6 Å². The molecular formula is C9H12N2. The number of amidine groups is 1. The fourth-order valence-corrected chi connectivity index (χ4v) is 0.994. The fraction of sp³-hybridized carbons (Fsp3) is 0.333. The third-order valence-corrected chi connectivity index (χ3v) is 2.09. The van der Waals surface area contributed by atoms with Gasteiger partial charge in [0.25, 0.3) is 0 Å². The third-order valence-electron chi connectivity index (χ3n) is 2.09. The van der Waals surface area contributed by atoms with Crippen molar-refractivity contribution in [2.75, 3.05) is 0 Å². The van der Waals surface area contributed by atoms with Crippen LogP contribution in [0.3, 0.4) is 0 Å². The van der Waals surface area contributed by atoms with Crippen LogP contribution in [0.15, 0.2) is 28.3 Å². The van der Waals surface area contributed by atoms with Crippen LogP contribution in [0, 0.1) is 5.41 Å². The van der Waals surface area contributed by atoms with Gasteiger partial charge in [0.1, 0.15) is 5.84 Å². The predicted octanol–water partition coefficient (Wildman–Crippen LogP) is 2.33. The van der Waals surface area contributed by atoms with Gasteiger partial charge >= 0.3 is 0 Å². The summed E-state index contributed by atoms with van der Waals surface area (Å²) in [6.45, 7) is 9.64. The zero-order valence-electron chi connectivity index (χ0n) is 7.15. The van der Waals surface area contributed by atoms with E-state index < -0.39 is 0 Å². The summed E-state index contributed by atoms with van der Waals surface area (Å²) >= 11 is 0. The number of nitrogens with zero attached hydrogens (tertiary/aromatic N) is 1. The summed E-state index contributed by atoms with van der Waals surface area (Å²) in [7, 11) is 0. The first kappa shape index (κ1) is 7.92. The fourth-order valence-electron chi connectivity index (χ4n) is 0.994. The standard InChI is InChI=1S/C9H12N2/c1-5-6(2)8(4)11-9(10)7(5)3/h10H,2H2,1,3-4H3. The van der Waals surface area contributed by atoms with Crippen LogP contribution in [0.1, 0.15) is 20.8 Å². The molecule has 0 spiro atoms. The van der Waals surface area contributed by atoms with Gasteiger partial charge in [-0.2, -0.15) is 0 Å². The molecule has 0 saturated carbocycles.